The lowest BCUT2D eigenvalue weighted by atomic mass is 10.1. The molecule has 1 heterocycles. The van der Waals surface area contributed by atoms with Crippen LogP contribution in [0.1, 0.15) is 28.9 Å². The number of aryl methyl sites for hydroxylation is 1. The average Bonchev–Trinajstić information content (AvgIpc) is 2.25. The molecule has 0 atom stereocenters. The molecule has 0 radical (unpaired) electrons. The predicted molar refractivity (Wildman–Crippen MR) is 56.0 cm³/mol. The molecule has 0 aliphatic heterocycles. The molecule has 4 heteroatoms. The van der Waals surface area contributed by atoms with Gasteiger partial charge < -0.3 is 9.84 Å². The fraction of sp³-hybridized carbons (Fsp3) is 0.455. The van der Waals surface area contributed by atoms with E-state index in [1.54, 1.807) is 13.2 Å². The first kappa shape index (κ1) is 11.7. The molecule has 0 aliphatic carbocycles. The Kier molecular flexibility index (Phi) is 4.77. The van der Waals surface area contributed by atoms with Gasteiger partial charge >= 0.3 is 5.97 Å². The Morgan fingerprint density at radius 2 is 2.33 bits per heavy atom. The Balaban J connectivity index is 2.47. The molecule has 1 aromatic rings. The first-order valence-electron chi connectivity index (χ1n) is 4.91. The standard InChI is InChI=1S/C11H15NO3/c1-15-7-3-2-4-9-5-6-12-10(8-9)11(13)14/h5-6,8H,2-4,7H2,1H3,(H,13,14). The summed E-state index contributed by atoms with van der Waals surface area (Å²) in [7, 11) is 1.68. The summed E-state index contributed by atoms with van der Waals surface area (Å²) in [4.78, 5) is 14.4. The van der Waals surface area contributed by atoms with E-state index in [2.05, 4.69) is 4.98 Å². The summed E-state index contributed by atoms with van der Waals surface area (Å²) in [6, 6.07) is 3.47. The van der Waals surface area contributed by atoms with Crippen molar-refractivity contribution in [3.63, 3.8) is 0 Å². The summed E-state index contributed by atoms with van der Waals surface area (Å²) in [5.74, 6) is -0.978. The SMILES string of the molecule is COCCCCc1ccnc(C(=O)O)c1. The Labute approximate surface area is 88.9 Å². The summed E-state index contributed by atoms with van der Waals surface area (Å²) in [5, 5.41) is 8.74. The highest BCUT2D eigenvalue weighted by Gasteiger charge is 2.04. The minimum absolute atomic E-state index is 0.110. The van der Waals surface area contributed by atoms with Gasteiger partial charge in [-0.05, 0) is 37.0 Å². The Hall–Kier alpha value is -1.42. The van der Waals surface area contributed by atoms with Gasteiger partial charge in [0.15, 0.2) is 0 Å². The molecule has 1 aromatic heterocycles. The van der Waals surface area contributed by atoms with Gasteiger partial charge in [0.05, 0.1) is 0 Å². The van der Waals surface area contributed by atoms with Crippen LogP contribution in [0.15, 0.2) is 18.3 Å². The van der Waals surface area contributed by atoms with Gasteiger partial charge in [-0.1, -0.05) is 0 Å². The summed E-state index contributed by atoms with van der Waals surface area (Å²) < 4.78 is 4.94. The van der Waals surface area contributed by atoms with Gasteiger partial charge in [0, 0.05) is 19.9 Å². The molecular weight excluding hydrogens is 194 g/mol. The molecule has 0 spiro atoms. The second-order valence-electron chi connectivity index (χ2n) is 3.30. The van der Waals surface area contributed by atoms with E-state index in [0.29, 0.717) is 0 Å². The molecule has 0 saturated carbocycles. The lowest BCUT2D eigenvalue weighted by molar-refractivity contribution is 0.0690. The fourth-order valence-electron chi connectivity index (χ4n) is 1.32. The number of carboxylic acid groups (broad SMARTS) is 1. The third kappa shape index (κ3) is 4.08. The third-order valence-corrected chi connectivity index (χ3v) is 2.11. The highest BCUT2D eigenvalue weighted by atomic mass is 16.5. The van der Waals surface area contributed by atoms with E-state index in [9.17, 15) is 4.79 Å². The zero-order valence-electron chi connectivity index (χ0n) is 8.77. The molecule has 82 valence electrons. The molecule has 1 N–H and O–H groups in total. The molecule has 0 aromatic carbocycles. The number of unbranched alkanes of at least 4 members (excludes halogenated alkanes) is 1. The number of pyridine rings is 1. The number of aromatic nitrogens is 1. The fourth-order valence-corrected chi connectivity index (χ4v) is 1.32. The topological polar surface area (TPSA) is 59.4 Å². The van der Waals surface area contributed by atoms with E-state index in [4.69, 9.17) is 9.84 Å². The lowest BCUT2D eigenvalue weighted by Crippen LogP contribution is -2.01. The van der Waals surface area contributed by atoms with E-state index in [1.807, 2.05) is 6.07 Å². The predicted octanol–water partition coefficient (Wildman–Crippen LogP) is 1.75. The number of rotatable bonds is 6. The van der Waals surface area contributed by atoms with E-state index in [0.717, 1.165) is 31.4 Å². The average molecular weight is 209 g/mol. The van der Waals surface area contributed by atoms with Gasteiger partial charge in [0.1, 0.15) is 5.69 Å². The molecule has 0 aliphatic rings. The number of carbonyl (C=O) groups is 1. The largest absolute Gasteiger partial charge is 0.477 e. The molecule has 0 fully saturated rings. The molecular formula is C11H15NO3. The Morgan fingerprint density at radius 1 is 1.53 bits per heavy atom. The van der Waals surface area contributed by atoms with Crippen LogP contribution in [0.3, 0.4) is 0 Å². The number of methoxy groups -OCH3 is 1. The zero-order chi connectivity index (χ0) is 11.1. The van der Waals surface area contributed by atoms with Crippen LogP contribution in [0, 0.1) is 0 Å². The lowest BCUT2D eigenvalue weighted by Gasteiger charge is -2.02. The highest BCUT2D eigenvalue weighted by Crippen LogP contribution is 2.06. The Morgan fingerprint density at radius 3 is 3.00 bits per heavy atom. The third-order valence-electron chi connectivity index (χ3n) is 2.11. The number of aromatic carboxylic acids is 1. The van der Waals surface area contributed by atoms with E-state index in [1.165, 1.54) is 6.20 Å². The quantitative estimate of drug-likeness (QED) is 0.725. The molecule has 0 unspecified atom stereocenters. The second-order valence-corrected chi connectivity index (χ2v) is 3.30. The summed E-state index contributed by atoms with van der Waals surface area (Å²) >= 11 is 0. The smallest absolute Gasteiger partial charge is 0.354 e. The van der Waals surface area contributed by atoms with Crippen molar-refractivity contribution in [3.8, 4) is 0 Å². The molecule has 0 saturated heterocycles. The van der Waals surface area contributed by atoms with Crippen molar-refractivity contribution in [1.29, 1.82) is 0 Å². The number of hydrogen-bond donors (Lipinski definition) is 1. The minimum atomic E-state index is -0.978. The van der Waals surface area contributed by atoms with E-state index in [-0.39, 0.29) is 5.69 Å². The maximum absolute atomic E-state index is 10.6. The zero-order valence-corrected chi connectivity index (χ0v) is 8.77. The molecule has 0 amide bonds. The van der Waals surface area contributed by atoms with Crippen molar-refractivity contribution >= 4 is 5.97 Å². The van der Waals surface area contributed by atoms with Crippen LogP contribution in [0.2, 0.25) is 0 Å². The maximum Gasteiger partial charge on any atom is 0.354 e. The van der Waals surface area contributed by atoms with Crippen molar-refractivity contribution in [3.05, 3.63) is 29.6 Å². The van der Waals surface area contributed by atoms with Crippen molar-refractivity contribution < 1.29 is 14.6 Å². The highest BCUT2D eigenvalue weighted by molar-refractivity contribution is 5.85. The number of carboxylic acids is 1. The van der Waals surface area contributed by atoms with Gasteiger partial charge in [-0.25, -0.2) is 9.78 Å². The minimum Gasteiger partial charge on any atom is -0.477 e. The summed E-state index contributed by atoms with van der Waals surface area (Å²) in [5.41, 5.74) is 1.12. The van der Waals surface area contributed by atoms with Gasteiger partial charge in [0.2, 0.25) is 0 Å². The van der Waals surface area contributed by atoms with Gasteiger partial charge in [-0.3, -0.25) is 0 Å². The number of hydrogen-bond acceptors (Lipinski definition) is 3. The van der Waals surface area contributed by atoms with Crippen molar-refractivity contribution in [2.75, 3.05) is 13.7 Å². The van der Waals surface area contributed by atoms with Crippen LogP contribution in [0.5, 0.6) is 0 Å². The maximum atomic E-state index is 10.6. The van der Waals surface area contributed by atoms with Gasteiger partial charge in [-0.2, -0.15) is 0 Å². The van der Waals surface area contributed by atoms with Crippen molar-refractivity contribution in [2.24, 2.45) is 0 Å². The van der Waals surface area contributed by atoms with Crippen LogP contribution in [-0.4, -0.2) is 29.8 Å². The van der Waals surface area contributed by atoms with E-state index >= 15 is 0 Å². The monoisotopic (exact) mass is 209 g/mol. The van der Waals surface area contributed by atoms with Gasteiger partial charge in [0.25, 0.3) is 0 Å². The van der Waals surface area contributed by atoms with Crippen LogP contribution < -0.4 is 0 Å². The normalized spacial score (nSPS) is 10.2. The van der Waals surface area contributed by atoms with Crippen LogP contribution in [0.25, 0.3) is 0 Å². The van der Waals surface area contributed by atoms with Crippen molar-refractivity contribution in [2.45, 2.75) is 19.3 Å². The van der Waals surface area contributed by atoms with Crippen molar-refractivity contribution in [1.82, 2.24) is 4.98 Å². The van der Waals surface area contributed by atoms with Crippen LogP contribution >= 0.6 is 0 Å². The summed E-state index contributed by atoms with van der Waals surface area (Å²) in [6.45, 7) is 0.747. The summed E-state index contributed by atoms with van der Waals surface area (Å²) in [6.07, 6.45) is 4.39. The number of nitrogens with zero attached hydrogens (tertiary/aromatic N) is 1. The first-order chi connectivity index (χ1) is 7.24. The van der Waals surface area contributed by atoms with Crippen LogP contribution in [-0.2, 0) is 11.2 Å². The van der Waals surface area contributed by atoms with E-state index < -0.39 is 5.97 Å². The molecule has 0 bridgehead atoms. The molecule has 4 nitrogen and oxygen atoms in total. The van der Waals surface area contributed by atoms with Crippen LogP contribution in [0.4, 0.5) is 0 Å². The number of ether oxygens (including phenoxy) is 1. The molecule has 15 heavy (non-hydrogen) atoms. The Bertz CT molecular complexity index is 325. The first-order valence-corrected chi connectivity index (χ1v) is 4.91. The molecule has 1 rings (SSSR count). The van der Waals surface area contributed by atoms with Gasteiger partial charge in [-0.15, -0.1) is 0 Å². The second kappa shape index (κ2) is 6.14.